The minimum absolute atomic E-state index is 0.0184. The molecule has 0 aliphatic carbocycles. The summed E-state index contributed by atoms with van der Waals surface area (Å²) in [6.45, 7) is 2.78. The number of benzene rings is 1. The van der Waals surface area contributed by atoms with Crippen LogP contribution in [0.15, 0.2) is 18.2 Å². The number of hydrogen-bond donors (Lipinski definition) is 2. The lowest BCUT2D eigenvalue weighted by molar-refractivity contribution is 0.243. The Balaban J connectivity index is 3.02. The molecule has 0 spiro atoms. The first-order valence-corrected chi connectivity index (χ1v) is 5.28. The van der Waals surface area contributed by atoms with Crippen molar-refractivity contribution in [2.45, 2.75) is 13.0 Å². The summed E-state index contributed by atoms with van der Waals surface area (Å²) >= 11 is 5.91. The monoisotopic (exact) mass is 229 g/mol. The van der Waals surface area contributed by atoms with Crippen molar-refractivity contribution in [3.63, 3.8) is 0 Å². The lowest BCUT2D eigenvalue weighted by Crippen LogP contribution is -2.24. The number of rotatable bonds is 5. The van der Waals surface area contributed by atoms with Gasteiger partial charge >= 0.3 is 0 Å². The van der Waals surface area contributed by atoms with Crippen LogP contribution in [0.5, 0.6) is 5.75 Å². The van der Waals surface area contributed by atoms with E-state index in [0.29, 0.717) is 5.02 Å². The summed E-state index contributed by atoms with van der Waals surface area (Å²) in [6.07, 6.45) is 0. The quantitative estimate of drug-likeness (QED) is 0.812. The van der Waals surface area contributed by atoms with E-state index in [1.807, 2.05) is 13.0 Å². The van der Waals surface area contributed by atoms with Crippen LogP contribution in [0.3, 0.4) is 0 Å². The Bertz CT molecular complexity index is 317. The van der Waals surface area contributed by atoms with Crippen LogP contribution in [0, 0.1) is 0 Å². The number of hydrogen-bond acceptors (Lipinski definition) is 3. The van der Waals surface area contributed by atoms with Gasteiger partial charge in [0, 0.05) is 10.6 Å². The van der Waals surface area contributed by atoms with Crippen molar-refractivity contribution in [1.82, 2.24) is 5.32 Å². The molecule has 0 saturated carbocycles. The van der Waals surface area contributed by atoms with Crippen molar-refractivity contribution in [2.24, 2.45) is 0 Å². The molecule has 1 unspecified atom stereocenters. The molecule has 0 aliphatic heterocycles. The van der Waals surface area contributed by atoms with Gasteiger partial charge in [-0.2, -0.15) is 0 Å². The molecule has 1 aromatic rings. The number of methoxy groups -OCH3 is 1. The average molecular weight is 230 g/mol. The molecule has 0 amide bonds. The van der Waals surface area contributed by atoms with Gasteiger partial charge in [-0.1, -0.05) is 18.5 Å². The van der Waals surface area contributed by atoms with Crippen molar-refractivity contribution in [2.75, 3.05) is 20.3 Å². The molecule has 0 aromatic heterocycles. The molecule has 1 rings (SSSR count). The summed E-state index contributed by atoms with van der Waals surface area (Å²) < 4.78 is 5.22. The van der Waals surface area contributed by atoms with Crippen LogP contribution in [0.25, 0.3) is 0 Å². The molecular formula is C11H16ClNO2. The van der Waals surface area contributed by atoms with Crippen LogP contribution in [0.4, 0.5) is 0 Å². The molecular weight excluding hydrogens is 214 g/mol. The summed E-state index contributed by atoms with van der Waals surface area (Å²) in [7, 11) is 1.60. The fourth-order valence-electron chi connectivity index (χ4n) is 1.50. The van der Waals surface area contributed by atoms with E-state index in [-0.39, 0.29) is 12.6 Å². The molecule has 15 heavy (non-hydrogen) atoms. The van der Waals surface area contributed by atoms with E-state index in [4.69, 9.17) is 16.3 Å². The van der Waals surface area contributed by atoms with E-state index in [9.17, 15) is 5.11 Å². The first-order chi connectivity index (χ1) is 7.22. The Morgan fingerprint density at radius 1 is 1.53 bits per heavy atom. The number of aliphatic hydroxyl groups excluding tert-OH is 1. The van der Waals surface area contributed by atoms with Gasteiger partial charge < -0.3 is 15.2 Å². The Labute approximate surface area is 95.0 Å². The lowest BCUT2D eigenvalue weighted by Gasteiger charge is -2.18. The van der Waals surface area contributed by atoms with Crippen molar-refractivity contribution in [3.05, 3.63) is 28.8 Å². The summed E-state index contributed by atoms with van der Waals surface area (Å²) in [5.74, 6) is 0.736. The van der Waals surface area contributed by atoms with Gasteiger partial charge in [0.15, 0.2) is 0 Å². The molecule has 2 N–H and O–H groups in total. The summed E-state index contributed by atoms with van der Waals surface area (Å²) in [4.78, 5) is 0. The fraction of sp³-hybridized carbons (Fsp3) is 0.455. The van der Waals surface area contributed by atoms with E-state index in [1.165, 1.54) is 0 Å². The zero-order valence-corrected chi connectivity index (χ0v) is 9.71. The maximum Gasteiger partial charge on any atom is 0.123 e. The van der Waals surface area contributed by atoms with Crippen LogP contribution in [0.1, 0.15) is 18.5 Å². The molecule has 84 valence electrons. The molecule has 0 heterocycles. The first-order valence-electron chi connectivity index (χ1n) is 4.90. The molecule has 3 nitrogen and oxygen atoms in total. The predicted molar refractivity (Wildman–Crippen MR) is 61.5 cm³/mol. The molecule has 0 radical (unpaired) electrons. The SMILES string of the molecule is CCNC(CO)c1cc(Cl)ccc1OC. The van der Waals surface area contributed by atoms with Gasteiger partial charge in [-0.15, -0.1) is 0 Å². The third kappa shape index (κ3) is 3.09. The van der Waals surface area contributed by atoms with Gasteiger partial charge in [-0.25, -0.2) is 0 Å². The van der Waals surface area contributed by atoms with E-state index >= 15 is 0 Å². The zero-order valence-electron chi connectivity index (χ0n) is 8.96. The Morgan fingerprint density at radius 2 is 2.27 bits per heavy atom. The predicted octanol–water partition coefficient (Wildman–Crippen LogP) is 1.99. The highest BCUT2D eigenvalue weighted by Crippen LogP contribution is 2.27. The zero-order chi connectivity index (χ0) is 11.3. The van der Waals surface area contributed by atoms with Gasteiger partial charge in [0.05, 0.1) is 19.8 Å². The Hall–Kier alpha value is -0.770. The van der Waals surface area contributed by atoms with E-state index in [2.05, 4.69) is 5.32 Å². The van der Waals surface area contributed by atoms with Crippen molar-refractivity contribution >= 4 is 11.6 Å². The standard InChI is InChI=1S/C11H16ClNO2/c1-3-13-10(7-14)9-6-8(12)4-5-11(9)15-2/h4-6,10,13-14H,3,7H2,1-2H3. The highest BCUT2D eigenvalue weighted by Gasteiger charge is 2.14. The second-order valence-electron chi connectivity index (χ2n) is 3.18. The maximum atomic E-state index is 9.26. The van der Waals surface area contributed by atoms with Gasteiger partial charge in [0.1, 0.15) is 5.75 Å². The highest BCUT2D eigenvalue weighted by atomic mass is 35.5. The fourth-order valence-corrected chi connectivity index (χ4v) is 1.68. The third-order valence-electron chi connectivity index (χ3n) is 2.20. The van der Waals surface area contributed by atoms with Crippen molar-refractivity contribution in [3.8, 4) is 5.75 Å². The van der Waals surface area contributed by atoms with E-state index in [0.717, 1.165) is 17.9 Å². The van der Waals surface area contributed by atoms with Crippen LogP contribution < -0.4 is 10.1 Å². The Morgan fingerprint density at radius 3 is 2.80 bits per heavy atom. The molecule has 0 fully saturated rings. The van der Waals surface area contributed by atoms with E-state index in [1.54, 1.807) is 19.2 Å². The number of aliphatic hydroxyl groups is 1. The minimum Gasteiger partial charge on any atom is -0.496 e. The molecule has 4 heteroatoms. The number of likely N-dealkylation sites (N-methyl/N-ethyl adjacent to an activating group) is 1. The van der Waals surface area contributed by atoms with Gasteiger partial charge in [-0.3, -0.25) is 0 Å². The van der Waals surface area contributed by atoms with Crippen LogP contribution >= 0.6 is 11.6 Å². The molecule has 0 aliphatic rings. The molecule has 1 atom stereocenters. The van der Waals surface area contributed by atoms with Crippen molar-refractivity contribution < 1.29 is 9.84 Å². The number of nitrogens with one attached hydrogen (secondary N) is 1. The minimum atomic E-state index is -0.136. The highest BCUT2D eigenvalue weighted by molar-refractivity contribution is 6.30. The number of halogens is 1. The topological polar surface area (TPSA) is 41.5 Å². The van der Waals surface area contributed by atoms with Crippen molar-refractivity contribution in [1.29, 1.82) is 0 Å². The smallest absolute Gasteiger partial charge is 0.123 e. The average Bonchev–Trinajstić information content (AvgIpc) is 2.26. The second kappa shape index (κ2) is 5.95. The summed E-state index contributed by atoms with van der Waals surface area (Å²) in [6, 6.07) is 5.25. The second-order valence-corrected chi connectivity index (χ2v) is 3.62. The molecule has 0 saturated heterocycles. The maximum absolute atomic E-state index is 9.26. The molecule has 1 aromatic carbocycles. The summed E-state index contributed by atoms with van der Waals surface area (Å²) in [5.41, 5.74) is 0.884. The largest absolute Gasteiger partial charge is 0.496 e. The van der Waals surface area contributed by atoms with Gasteiger partial charge in [0.2, 0.25) is 0 Å². The normalized spacial score (nSPS) is 12.5. The Kier molecular flexibility index (Phi) is 4.88. The third-order valence-corrected chi connectivity index (χ3v) is 2.44. The van der Waals surface area contributed by atoms with Gasteiger partial charge in [0.25, 0.3) is 0 Å². The molecule has 0 bridgehead atoms. The summed E-state index contributed by atoms with van der Waals surface area (Å²) in [5, 5.41) is 13.1. The van der Waals surface area contributed by atoms with Crippen LogP contribution in [-0.4, -0.2) is 25.4 Å². The number of ether oxygens (including phenoxy) is 1. The van der Waals surface area contributed by atoms with Crippen LogP contribution in [-0.2, 0) is 0 Å². The first kappa shape index (κ1) is 12.3. The van der Waals surface area contributed by atoms with Gasteiger partial charge in [-0.05, 0) is 24.7 Å². The lowest BCUT2D eigenvalue weighted by atomic mass is 10.1. The van der Waals surface area contributed by atoms with Crippen LogP contribution in [0.2, 0.25) is 5.02 Å². The van der Waals surface area contributed by atoms with E-state index < -0.39 is 0 Å².